The van der Waals surface area contributed by atoms with Crippen molar-refractivity contribution in [2.45, 2.75) is 15.3 Å². The molecule has 0 saturated heterocycles. The maximum atomic E-state index is 13.6. The number of carbonyl (C=O) groups is 1. The van der Waals surface area contributed by atoms with Crippen LogP contribution in [0, 0.1) is 0 Å². The lowest BCUT2D eigenvalue weighted by Gasteiger charge is -2.42. The van der Waals surface area contributed by atoms with E-state index < -0.39 is 10.4 Å². The second-order valence-electron chi connectivity index (χ2n) is 6.28. The molecule has 26 heavy (non-hydrogen) atoms. The lowest BCUT2D eigenvalue weighted by molar-refractivity contribution is 0.0739. The van der Waals surface area contributed by atoms with E-state index in [1.54, 1.807) is 0 Å². The van der Waals surface area contributed by atoms with Crippen molar-refractivity contribution in [3.05, 3.63) is 102 Å². The summed E-state index contributed by atoms with van der Waals surface area (Å²) in [5.41, 5.74) is 2.56. The molecule has 0 bridgehead atoms. The van der Waals surface area contributed by atoms with E-state index >= 15 is 0 Å². The van der Waals surface area contributed by atoms with Crippen LogP contribution in [0.3, 0.4) is 0 Å². The Balaban J connectivity index is 1.89. The van der Waals surface area contributed by atoms with Crippen molar-refractivity contribution in [3.8, 4) is 5.75 Å². The Bertz CT molecular complexity index is 927. The maximum Gasteiger partial charge on any atom is 0.188 e. The van der Waals surface area contributed by atoms with Crippen LogP contribution < -0.4 is 4.74 Å². The zero-order valence-electron chi connectivity index (χ0n) is 13.8. The molecule has 4 heteroatoms. The summed E-state index contributed by atoms with van der Waals surface area (Å²) in [5, 5.41) is 0. The van der Waals surface area contributed by atoms with E-state index in [2.05, 4.69) is 31.9 Å². The number of fused-ring (bicyclic) bond motifs is 1. The second-order valence-corrected chi connectivity index (χ2v) is 8.50. The average Bonchev–Trinajstić information content (AvgIpc) is 2.71. The summed E-state index contributed by atoms with van der Waals surface area (Å²) < 4.78 is 5.38. The number of benzene rings is 3. The quantitative estimate of drug-likeness (QED) is 0.420. The zero-order valence-corrected chi connectivity index (χ0v) is 17.0. The molecule has 2 nitrogen and oxygen atoms in total. The summed E-state index contributed by atoms with van der Waals surface area (Å²) in [5.74, 6) is 0.633. The third-order valence-corrected chi connectivity index (χ3v) is 7.77. The molecular formula is C22H16Br2O2. The molecule has 3 aromatic carbocycles. The molecule has 0 unspecified atom stereocenters. The van der Waals surface area contributed by atoms with E-state index in [0.717, 1.165) is 11.1 Å². The minimum atomic E-state index is -0.968. The molecule has 130 valence electrons. The number of ketones is 1. The molecule has 3 atom stereocenters. The van der Waals surface area contributed by atoms with Crippen molar-refractivity contribution >= 4 is 37.6 Å². The van der Waals surface area contributed by atoms with Gasteiger partial charge in [0.2, 0.25) is 0 Å². The van der Waals surface area contributed by atoms with E-state index in [1.165, 1.54) is 0 Å². The first-order valence-corrected chi connectivity index (χ1v) is 10.1. The van der Waals surface area contributed by atoms with Crippen LogP contribution in [0.2, 0.25) is 0 Å². The maximum absolute atomic E-state index is 13.6. The molecule has 4 rings (SSSR count). The minimum Gasteiger partial charge on any atom is -0.483 e. The molecule has 1 aliphatic rings. The molecule has 0 aromatic heterocycles. The summed E-state index contributed by atoms with van der Waals surface area (Å²) in [6.45, 7) is 0. The molecule has 3 aromatic rings. The molecule has 0 fully saturated rings. The number of hydrogen-bond acceptors (Lipinski definition) is 2. The normalized spacial score (nSPS) is 23.0. The largest absolute Gasteiger partial charge is 0.483 e. The van der Waals surface area contributed by atoms with Crippen molar-refractivity contribution in [1.82, 2.24) is 0 Å². The molecular weight excluding hydrogens is 456 g/mol. The summed E-state index contributed by atoms with van der Waals surface area (Å²) in [6.07, 6.45) is -0.462. The number of Topliss-reactive ketones (excluding diaryl/α,β-unsaturated/α-hetero) is 1. The van der Waals surface area contributed by atoms with Gasteiger partial charge in [0, 0.05) is 0 Å². The first kappa shape index (κ1) is 17.5. The van der Waals surface area contributed by atoms with Gasteiger partial charge in [0.15, 0.2) is 5.78 Å². The molecule has 0 N–H and O–H groups in total. The van der Waals surface area contributed by atoms with E-state index in [0.29, 0.717) is 11.3 Å². The second kappa shape index (κ2) is 7.01. The van der Waals surface area contributed by atoms with Gasteiger partial charge < -0.3 is 4.74 Å². The Labute approximate surface area is 169 Å². The van der Waals surface area contributed by atoms with Gasteiger partial charge in [0.25, 0.3) is 0 Å². The molecule has 0 amide bonds. The Morgan fingerprint density at radius 1 is 0.846 bits per heavy atom. The summed E-state index contributed by atoms with van der Waals surface area (Å²) in [6, 6.07) is 27.2. The zero-order chi connectivity index (χ0) is 18.1. The van der Waals surface area contributed by atoms with Crippen molar-refractivity contribution in [3.63, 3.8) is 0 Å². The molecule has 0 radical (unpaired) electrons. The van der Waals surface area contributed by atoms with Crippen molar-refractivity contribution < 1.29 is 9.53 Å². The predicted octanol–water partition coefficient (Wildman–Crippen LogP) is 6.27. The minimum absolute atomic E-state index is 0.0129. The number of para-hydroxylation sites is 1. The average molecular weight is 472 g/mol. The van der Waals surface area contributed by atoms with Gasteiger partial charge in [-0.3, -0.25) is 4.79 Å². The predicted molar refractivity (Wildman–Crippen MR) is 110 cm³/mol. The third-order valence-electron chi connectivity index (χ3n) is 4.67. The Hall–Kier alpha value is -1.91. The molecule has 1 aliphatic heterocycles. The molecule has 0 spiro atoms. The molecule has 0 aliphatic carbocycles. The number of hydrogen-bond donors (Lipinski definition) is 0. The van der Waals surface area contributed by atoms with Gasteiger partial charge in [-0.2, -0.15) is 0 Å². The van der Waals surface area contributed by atoms with Gasteiger partial charge in [0.05, 0.1) is 10.4 Å². The van der Waals surface area contributed by atoms with Crippen LogP contribution in [-0.2, 0) is 0 Å². The summed E-state index contributed by atoms with van der Waals surface area (Å²) in [4.78, 5) is 13.3. The smallest absolute Gasteiger partial charge is 0.188 e. The van der Waals surface area contributed by atoms with Gasteiger partial charge in [-0.05, 0) is 23.3 Å². The Morgan fingerprint density at radius 2 is 1.42 bits per heavy atom. The highest BCUT2D eigenvalue weighted by molar-refractivity contribution is 9.12. The number of halogens is 2. The first-order chi connectivity index (χ1) is 12.6. The van der Waals surface area contributed by atoms with Crippen LogP contribution in [-0.4, -0.2) is 10.1 Å². The number of carbonyl (C=O) groups excluding carboxylic acids is 1. The number of alkyl halides is 2. The summed E-state index contributed by atoms with van der Waals surface area (Å²) in [7, 11) is 0. The van der Waals surface area contributed by atoms with Gasteiger partial charge in [0.1, 0.15) is 16.2 Å². The van der Waals surface area contributed by atoms with Crippen molar-refractivity contribution in [2.75, 3.05) is 0 Å². The fourth-order valence-corrected chi connectivity index (χ4v) is 4.94. The van der Waals surface area contributed by atoms with Crippen LogP contribution in [0.5, 0.6) is 5.75 Å². The third kappa shape index (κ3) is 2.81. The highest BCUT2D eigenvalue weighted by atomic mass is 79.9. The number of ether oxygens (including phenoxy) is 1. The van der Waals surface area contributed by atoms with Gasteiger partial charge in [-0.15, -0.1) is 0 Å². The fourth-order valence-electron chi connectivity index (χ4n) is 3.35. The highest BCUT2D eigenvalue weighted by Crippen LogP contribution is 2.55. The summed E-state index contributed by atoms with van der Waals surface area (Å²) >= 11 is 7.60. The molecule has 0 saturated carbocycles. The van der Waals surface area contributed by atoms with E-state index in [4.69, 9.17) is 4.74 Å². The fraction of sp³-hybridized carbons (Fsp3) is 0.136. The van der Waals surface area contributed by atoms with Crippen LogP contribution in [0.25, 0.3) is 0 Å². The van der Waals surface area contributed by atoms with Gasteiger partial charge in [-0.1, -0.05) is 105 Å². The van der Waals surface area contributed by atoms with Gasteiger partial charge >= 0.3 is 0 Å². The van der Waals surface area contributed by atoms with Crippen LogP contribution in [0.4, 0.5) is 0 Å². The standard InChI is InChI=1S/C22H16Br2O2/c23-19(15-9-3-1-4-10-15)22(24)20(25)17-13-7-8-14-18(17)26-21(22)16-11-5-2-6-12-16/h1-14,19,21H/t19-,21+,22-/m0/s1. The first-order valence-electron chi connectivity index (χ1n) is 8.35. The van der Waals surface area contributed by atoms with Gasteiger partial charge in [-0.25, -0.2) is 0 Å². The van der Waals surface area contributed by atoms with Crippen LogP contribution >= 0.6 is 31.9 Å². The van der Waals surface area contributed by atoms with E-state index in [1.807, 2.05) is 84.9 Å². The van der Waals surface area contributed by atoms with Crippen molar-refractivity contribution in [2.24, 2.45) is 0 Å². The molecule has 1 heterocycles. The Morgan fingerprint density at radius 3 is 2.12 bits per heavy atom. The monoisotopic (exact) mass is 470 g/mol. The lowest BCUT2D eigenvalue weighted by Crippen LogP contribution is -2.47. The van der Waals surface area contributed by atoms with E-state index in [9.17, 15) is 4.79 Å². The topological polar surface area (TPSA) is 26.3 Å². The Kier molecular flexibility index (Phi) is 4.72. The highest BCUT2D eigenvalue weighted by Gasteiger charge is 2.55. The lowest BCUT2D eigenvalue weighted by atomic mass is 9.81. The van der Waals surface area contributed by atoms with Crippen molar-refractivity contribution in [1.29, 1.82) is 0 Å². The SMILES string of the molecule is O=C1c2ccccc2O[C@H](c2ccccc2)[C@]1(Br)[C@@H](Br)c1ccccc1. The van der Waals surface area contributed by atoms with E-state index in [-0.39, 0.29) is 10.6 Å². The number of rotatable bonds is 3. The van der Waals surface area contributed by atoms with Crippen LogP contribution in [0.15, 0.2) is 84.9 Å². The van der Waals surface area contributed by atoms with Crippen LogP contribution in [0.1, 0.15) is 32.4 Å².